The Labute approximate surface area is 229 Å². The molecule has 3 aromatic rings. The molecule has 0 fully saturated rings. The number of aromatic amines is 1. The maximum Gasteiger partial charge on any atom is 0.255 e. The van der Waals surface area contributed by atoms with Crippen LogP contribution in [0, 0.1) is 5.92 Å². The summed E-state index contributed by atoms with van der Waals surface area (Å²) in [5.41, 5.74) is 6.46. The number of hydrogen-bond donors (Lipinski definition) is 1. The molecular formula is C32H36N4O3. The highest BCUT2D eigenvalue weighted by Crippen LogP contribution is 2.36. The van der Waals surface area contributed by atoms with Crippen molar-refractivity contribution in [3.8, 4) is 11.5 Å². The number of aryl methyl sites for hydroxylation is 1. The summed E-state index contributed by atoms with van der Waals surface area (Å²) in [6.07, 6.45) is 8.48. The number of aromatic nitrogens is 2. The Balaban J connectivity index is 1.23. The van der Waals surface area contributed by atoms with Crippen LogP contribution in [0.15, 0.2) is 64.5 Å². The molecule has 6 rings (SSSR count). The molecule has 0 saturated heterocycles. The Morgan fingerprint density at radius 1 is 1.03 bits per heavy atom. The molecular weight excluding hydrogens is 488 g/mol. The molecule has 3 aliphatic rings. The first kappa shape index (κ1) is 25.4. The molecule has 2 atom stereocenters. The molecule has 7 nitrogen and oxygen atoms in total. The lowest BCUT2D eigenvalue weighted by atomic mass is 9.79. The summed E-state index contributed by atoms with van der Waals surface area (Å²) in [5, 5.41) is 0. The van der Waals surface area contributed by atoms with Gasteiger partial charge in [0.15, 0.2) is 11.5 Å². The summed E-state index contributed by atoms with van der Waals surface area (Å²) in [4.78, 5) is 28.4. The van der Waals surface area contributed by atoms with E-state index in [2.05, 4.69) is 58.6 Å². The topological polar surface area (TPSA) is 79.8 Å². The quantitative estimate of drug-likeness (QED) is 0.458. The Hall–Kier alpha value is -3.87. The number of nitrogens with one attached hydrogen (secondary N) is 1. The summed E-state index contributed by atoms with van der Waals surface area (Å²) in [7, 11) is 0. The molecule has 0 spiro atoms. The minimum atomic E-state index is -0.0309. The SMILES string of the molecule is CCOc1cc2c(cc1OCC)C(C1CCc3nc(N4C=CC(c5ccccc5)CC4)[nH]c(=O)c3C1)=NCC2. The van der Waals surface area contributed by atoms with E-state index in [1.54, 1.807) is 0 Å². The van der Waals surface area contributed by atoms with Crippen molar-refractivity contribution >= 4 is 11.7 Å². The molecule has 1 aliphatic carbocycles. The van der Waals surface area contributed by atoms with Crippen molar-refractivity contribution in [2.75, 3.05) is 31.2 Å². The number of ether oxygens (including phenoxy) is 2. The van der Waals surface area contributed by atoms with E-state index in [0.29, 0.717) is 31.5 Å². The number of nitrogens with zero attached hydrogens (tertiary/aromatic N) is 3. The van der Waals surface area contributed by atoms with Crippen LogP contribution in [-0.2, 0) is 19.3 Å². The van der Waals surface area contributed by atoms with E-state index < -0.39 is 0 Å². The van der Waals surface area contributed by atoms with Crippen LogP contribution >= 0.6 is 0 Å². The number of rotatable bonds is 7. The highest BCUT2D eigenvalue weighted by atomic mass is 16.5. The first-order valence-corrected chi connectivity index (χ1v) is 14.2. The Kier molecular flexibility index (Phi) is 7.22. The van der Waals surface area contributed by atoms with Gasteiger partial charge in [0.1, 0.15) is 0 Å². The molecule has 1 N–H and O–H groups in total. The van der Waals surface area contributed by atoms with Gasteiger partial charge in [-0.25, -0.2) is 4.98 Å². The largest absolute Gasteiger partial charge is 0.490 e. The third kappa shape index (κ3) is 5.10. The van der Waals surface area contributed by atoms with Crippen LogP contribution in [0.25, 0.3) is 0 Å². The number of allylic oxidation sites excluding steroid dienone is 1. The van der Waals surface area contributed by atoms with Gasteiger partial charge in [-0.1, -0.05) is 36.4 Å². The highest BCUT2D eigenvalue weighted by Gasteiger charge is 2.31. The van der Waals surface area contributed by atoms with E-state index in [-0.39, 0.29) is 11.5 Å². The predicted octanol–water partition coefficient (Wildman–Crippen LogP) is 5.23. The average molecular weight is 525 g/mol. The predicted molar refractivity (Wildman–Crippen MR) is 155 cm³/mol. The van der Waals surface area contributed by atoms with Crippen LogP contribution < -0.4 is 19.9 Å². The molecule has 2 aromatic carbocycles. The Morgan fingerprint density at radius 3 is 2.56 bits per heavy atom. The van der Waals surface area contributed by atoms with Gasteiger partial charge in [0.2, 0.25) is 5.95 Å². The fourth-order valence-electron chi connectivity index (χ4n) is 6.10. The number of anilines is 1. The smallest absolute Gasteiger partial charge is 0.255 e. The monoisotopic (exact) mass is 524 g/mol. The fourth-order valence-corrected chi connectivity index (χ4v) is 6.10. The number of benzene rings is 2. The van der Waals surface area contributed by atoms with E-state index in [1.165, 1.54) is 11.1 Å². The zero-order valence-corrected chi connectivity index (χ0v) is 22.8. The Bertz CT molecular complexity index is 1460. The number of fused-ring (bicyclic) bond motifs is 2. The van der Waals surface area contributed by atoms with Crippen LogP contribution in [0.1, 0.15) is 60.6 Å². The minimum Gasteiger partial charge on any atom is -0.490 e. The third-order valence-corrected chi connectivity index (χ3v) is 8.04. The van der Waals surface area contributed by atoms with E-state index in [4.69, 9.17) is 19.5 Å². The Morgan fingerprint density at radius 2 is 1.82 bits per heavy atom. The van der Waals surface area contributed by atoms with Crippen LogP contribution in [0.3, 0.4) is 0 Å². The van der Waals surface area contributed by atoms with Crippen molar-refractivity contribution in [2.24, 2.45) is 10.9 Å². The fraction of sp³-hybridized carbons (Fsp3) is 0.406. The van der Waals surface area contributed by atoms with Gasteiger partial charge in [-0.3, -0.25) is 14.8 Å². The molecule has 1 aromatic heterocycles. The summed E-state index contributed by atoms with van der Waals surface area (Å²) >= 11 is 0. The zero-order valence-electron chi connectivity index (χ0n) is 22.8. The normalized spacial score (nSPS) is 20.2. The first-order chi connectivity index (χ1) is 19.1. The molecule has 7 heteroatoms. The molecule has 0 radical (unpaired) electrons. The van der Waals surface area contributed by atoms with Crippen molar-refractivity contribution in [3.05, 3.63) is 93.0 Å². The van der Waals surface area contributed by atoms with Crippen LogP contribution in [0.4, 0.5) is 5.95 Å². The maximum atomic E-state index is 13.3. The van der Waals surface area contributed by atoms with Crippen molar-refractivity contribution in [3.63, 3.8) is 0 Å². The van der Waals surface area contributed by atoms with Gasteiger partial charge >= 0.3 is 0 Å². The number of aliphatic imine (C=N–C) groups is 1. The molecule has 2 aliphatic heterocycles. The first-order valence-electron chi connectivity index (χ1n) is 14.2. The van der Waals surface area contributed by atoms with E-state index in [1.807, 2.05) is 19.9 Å². The average Bonchev–Trinajstić information content (AvgIpc) is 2.98. The zero-order chi connectivity index (χ0) is 26.8. The second-order valence-electron chi connectivity index (χ2n) is 10.4. The van der Waals surface area contributed by atoms with Gasteiger partial charge in [-0.05, 0) is 69.2 Å². The molecule has 0 amide bonds. The van der Waals surface area contributed by atoms with Gasteiger partial charge in [0, 0.05) is 48.0 Å². The molecule has 0 saturated carbocycles. The second kappa shape index (κ2) is 11.1. The molecule has 3 heterocycles. The van der Waals surface area contributed by atoms with Gasteiger partial charge in [-0.2, -0.15) is 0 Å². The van der Waals surface area contributed by atoms with Crippen molar-refractivity contribution in [2.45, 2.75) is 51.9 Å². The minimum absolute atomic E-state index is 0.0309. The van der Waals surface area contributed by atoms with E-state index in [9.17, 15) is 4.79 Å². The molecule has 202 valence electrons. The maximum absolute atomic E-state index is 13.3. The molecule has 39 heavy (non-hydrogen) atoms. The van der Waals surface area contributed by atoms with Gasteiger partial charge in [-0.15, -0.1) is 0 Å². The summed E-state index contributed by atoms with van der Waals surface area (Å²) in [6, 6.07) is 14.8. The van der Waals surface area contributed by atoms with Crippen molar-refractivity contribution in [1.29, 1.82) is 0 Å². The van der Waals surface area contributed by atoms with Crippen LogP contribution in [0.2, 0.25) is 0 Å². The van der Waals surface area contributed by atoms with E-state index in [0.717, 1.165) is 72.8 Å². The lowest BCUT2D eigenvalue weighted by Crippen LogP contribution is -2.34. The van der Waals surface area contributed by atoms with Gasteiger partial charge < -0.3 is 14.4 Å². The number of H-pyrrole nitrogens is 1. The summed E-state index contributed by atoms with van der Waals surface area (Å²) in [5.74, 6) is 2.77. The van der Waals surface area contributed by atoms with Crippen LogP contribution in [0.5, 0.6) is 11.5 Å². The van der Waals surface area contributed by atoms with Gasteiger partial charge in [0.05, 0.1) is 18.9 Å². The van der Waals surface area contributed by atoms with Crippen LogP contribution in [-0.4, -0.2) is 42.0 Å². The van der Waals surface area contributed by atoms with Gasteiger partial charge in [0.25, 0.3) is 5.56 Å². The summed E-state index contributed by atoms with van der Waals surface area (Å²) in [6.45, 7) is 6.71. The van der Waals surface area contributed by atoms with E-state index >= 15 is 0 Å². The standard InChI is InChI=1S/C32H36N4O3/c1-3-38-28-19-23-12-15-33-30(25(23)20-29(28)39-4-2)24-10-11-27-26(18-24)31(37)35-32(34-27)36-16-13-22(14-17-36)21-8-6-5-7-9-21/h5-9,13,16,19-20,22,24H,3-4,10-12,14-15,17-18H2,1-2H3,(H,34,35,37). The third-order valence-electron chi connectivity index (χ3n) is 8.04. The lowest BCUT2D eigenvalue weighted by molar-refractivity contribution is 0.287. The molecule has 0 bridgehead atoms. The summed E-state index contributed by atoms with van der Waals surface area (Å²) < 4.78 is 11.8. The second-order valence-corrected chi connectivity index (χ2v) is 10.4. The lowest BCUT2D eigenvalue weighted by Gasteiger charge is -2.30. The number of hydrogen-bond acceptors (Lipinski definition) is 6. The van der Waals surface area contributed by atoms with Crippen molar-refractivity contribution < 1.29 is 9.47 Å². The van der Waals surface area contributed by atoms with Crippen molar-refractivity contribution in [1.82, 2.24) is 9.97 Å². The molecule has 2 unspecified atom stereocenters. The highest BCUT2D eigenvalue weighted by molar-refractivity contribution is 6.05.